The minimum Gasteiger partial charge on any atom is -0.298 e. The number of pyridine rings is 1. The zero-order valence-corrected chi connectivity index (χ0v) is 10.7. The number of hydrogen-bond acceptors (Lipinski definition) is 6. The minimum atomic E-state index is -0.507. The van der Waals surface area contributed by atoms with Gasteiger partial charge in [0, 0.05) is 35.7 Å². The Labute approximate surface area is 119 Å². The lowest BCUT2D eigenvalue weighted by Crippen LogP contribution is -2.38. The highest BCUT2D eigenvalue weighted by atomic mass is 16.9. The first-order valence-corrected chi connectivity index (χ1v) is 5.85. The van der Waals surface area contributed by atoms with Crippen molar-refractivity contribution in [2.24, 2.45) is 0 Å². The van der Waals surface area contributed by atoms with Crippen molar-refractivity contribution in [2.45, 2.75) is 0 Å². The maximum absolute atomic E-state index is 11.6. The Morgan fingerprint density at radius 2 is 2.00 bits per heavy atom. The normalized spacial score (nSPS) is 9.71. The number of nitrogens with zero attached hydrogens (tertiary/aromatic N) is 2. The number of hydrazine groups is 1. The first-order chi connectivity index (χ1) is 10.2. The van der Waals surface area contributed by atoms with Crippen LogP contribution in [0.4, 0.5) is 5.69 Å². The summed E-state index contributed by atoms with van der Waals surface area (Å²) in [6, 6.07) is 8.89. The van der Waals surface area contributed by atoms with Gasteiger partial charge in [0.05, 0.1) is 10.5 Å². The molecule has 1 heterocycles. The predicted molar refractivity (Wildman–Crippen MR) is 71.0 cm³/mol. The molecule has 0 unspecified atom stereocenters. The second-order valence-electron chi connectivity index (χ2n) is 3.86. The summed E-state index contributed by atoms with van der Waals surface area (Å²) in [6.07, 6.45) is 3.55. The quantitative estimate of drug-likeness (QED) is 0.609. The third kappa shape index (κ3) is 3.91. The highest BCUT2D eigenvalue weighted by Crippen LogP contribution is 2.11. The Bertz CT molecular complexity index is 643. The Kier molecular flexibility index (Phi) is 4.67. The van der Waals surface area contributed by atoms with Crippen molar-refractivity contribution in [1.29, 1.82) is 0 Å². The summed E-state index contributed by atoms with van der Waals surface area (Å²) >= 11 is 0. The molecule has 0 spiro atoms. The van der Waals surface area contributed by atoms with E-state index in [1.165, 1.54) is 36.7 Å². The second-order valence-corrected chi connectivity index (χ2v) is 3.86. The Morgan fingerprint density at radius 3 is 2.62 bits per heavy atom. The number of aldehydes is 1. The Morgan fingerprint density at radius 1 is 1.24 bits per heavy atom. The van der Waals surface area contributed by atoms with Crippen molar-refractivity contribution in [2.75, 3.05) is 0 Å². The summed E-state index contributed by atoms with van der Waals surface area (Å²) in [6.45, 7) is 0. The fourth-order valence-corrected chi connectivity index (χ4v) is 1.41. The number of benzene rings is 1. The monoisotopic (exact) mass is 287 g/mol. The molecule has 0 radical (unpaired) electrons. The first-order valence-electron chi connectivity index (χ1n) is 5.85. The number of aromatic nitrogens is 1. The van der Waals surface area contributed by atoms with Crippen molar-refractivity contribution >= 4 is 17.9 Å². The van der Waals surface area contributed by atoms with E-state index < -0.39 is 5.91 Å². The van der Waals surface area contributed by atoms with Gasteiger partial charge < -0.3 is 0 Å². The molecule has 106 valence electrons. The van der Waals surface area contributed by atoms with Crippen LogP contribution in [-0.4, -0.2) is 22.1 Å². The Balaban J connectivity index is 1.84. The van der Waals surface area contributed by atoms with Crippen LogP contribution in [0, 0.1) is 4.91 Å². The van der Waals surface area contributed by atoms with E-state index >= 15 is 0 Å². The van der Waals surface area contributed by atoms with Crippen molar-refractivity contribution in [1.82, 2.24) is 16.0 Å². The van der Waals surface area contributed by atoms with E-state index in [2.05, 4.69) is 15.3 Å². The van der Waals surface area contributed by atoms with Crippen LogP contribution in [0.25, 0.3) is 0 Å². The number of carbonyl (C=O) groups excluding carboxylic acids is 2. The zero-order valence-electron chi connectivity index (χ0n) is 10.7. The van der Waals surface area contributed by atoms with Crippen LogP contribution in [0.3, 0.4) is 0 Å². The minimum absolute atomic E-state index is 0.151. The topological polar surface area (TPSA) is 100 Å². The van der Waals surface area contributed by atoms with Crippen LogP contribution in [-0.2, 0) is 4.94 Å². The predicted octanol–water partition coefficient (Wildman–Crippen LogP) is 1.09. The maximum atomic E-state index is 11.6. The highest BCUT2D eigenvalue weighted by Gasteiger charge is 2.16. The summed E-state index contributed by atoms with van der Waals surface area (Å²) in [5.41, 5.74) is 5.10. The maximum Gasteiger partial charge on any atom is 0.319 e. The van der Waals surface area contributed by atoms with Gasteiger partial charge in [0.25, 0.3) is 10.8 Å². The molecule has 0 saturated heterocycles. The van der Waals surface area contributed by atoms with Gasteiger partial charge in [0.2, 0.25) is 0 Å². The van der Waals surface area contributed by atoms with Gasteiger partial charge in [-0.3, -0.25) is 14.6 Å². The van der Waals surface area contributed by atoms with Crippen LogP contribution in [0.1, 0.15) is 20.7 Å². The molecule has 0 aliphatic rings. The van der Waals surface area contributed by atoms with Gasteiger partial charge in [-0.15, -0.1) is 0 Å². The number of hydrogen-bond donors (Lipinski definition) is 2. The number of carbonyl (C=O) groups is 2. The molecule has 0 fully saturated rings. The molecule has 21 heavy (non-hydrogen) atoms. The molecule has 8 heteroatoms. The lowest BCUT2D eigenvalue weighted by atomic mass is 10.2. The van der Waals surface area contributed by atoms with E-state index in [-0.39, 0.29) is 10.6 Å². The molecule has 8 nitrogen and oxygen atoms in total. The zero-order chi connectivity index (χ0) is 15.1. The van der Waals surface area contributed by atoms with Gasteiger partial charge in [0.1, 0.15) is 6.29 Å². The van der Waals surface area contributed by atoms with Crippen molar-refractivity contribution in [3.05, 3.63) is 64.8 Å². The molecule has 0 bridgehead atoms. The molecular weight excluding hydrogens is 276 g/mol. The fraction of sp³-hybridized carbons (Fsp3) is 0. The molecule has 2 aromatic rings. The van der Waals surface area contributed by atoms with Crippen LogP contribution < -0.4 is 11.0 Å². The number of rotatable bonds is 6. The summed E-state index contributed by atoms with van der Waals surface area (Å²) < 4.78 is 0. The van der Waals surface area contributed by atoms with Gasteiger partial charge in [-0.05, 0) is 24.3 Å². The van der Waals surface area contributed by atoms with Gasteiger partial charge in [-0.1, -0.05) is 4.94 Å². The van der Waals surface area contributed by atoms with Crippen LogP contribution >= 0.6 is 0 Å². The third-order valence-corrected chi connectivity index (χ3v) is 2.46. The smallest absolute Gasteiger partial charge is 0.298 e. The molecule has 2 rings (SSSR count). The lowest BCUT2D eigenvalue weighted by Gasteiger charge is -2.01. The van der Waals surface area contributed by atoms with Gasteiger partial charge in [-0.2, -0.15) is 0 Å². The fourth-order valence-electron chi connectivity index (χ4n) is 1.41. The highest BCUT2D eigenvalue weighted by molar-refractivity contribution is 5.93. The van der Waals surface area contributed by atoms with Gasteiger partial charge in [-0.25, -0.2) is 5.43 Å². The third-order valence-electron chi connectivity index (χ3n) is 2.46. The summed E-state index contributed by atoms with van der Waals surface area (Å²) in [4.78, 5) is 42.1. The molecule has 1 aromatic carbocycles. The summed E-state index contributed by atoms with van der Waals surface area (Å²) in [5.74, 6) is -0.507. The standard InChI is InChI=1S/C13H10N4O4/c18-9-10-3-5-12(6-4-10)17(20)21-16-15-13(19)11-2-1-7-14-8-11/h1-9H,(H-,15,16,18,19,20)/p+1. The number of nitrogens with one attached hydrogen (secondary N) is 2. The molecule has 1 aromatic heterocycles. The molecule has 1 amide bonds. The van der Waals surface area contributed by atoms with E-state index in [9.17, 15) is 14.5 Å². The molecule has 0 atom stereocenters. The van der Waals surface area contributed by atoms with Crippen LogP contribution in [0.2, 0.25) is 0 Å². The largest absolute Gasteiger partial charge is 0.319 e. The van der Waals surface area contributed by atoms with Crippen LogP contribution in [0.15, 0.2) is 48.8 Å². The van der Waals surface area contributed by atoms with E-state index in [1.807, 2.05) is 5.59 Å². The van der Waals surface area contributed by atoms with E-state index in [0.717, 1.165) is 0 Å². The van der Waals surface area contributed by atoms with Crippen molar-refractivity contribution in [3.63, 3.8) is 0 Å². The van der Waals surface area contributed by atoms with Gasteiger partial charge in [0.15, 0.2) is 0 Å². The number of amides is 1. The van der Waals surface area contributed by atoms with E-state index in [1.54, 1.807) is 12.1 Å². The summed E-state index contributed by atoms with van der Waals surface area (Å²) in [5, 5.41) is 0. The van der Waals surface area contributed by atoms with Crippen LogP contribution in [0.5, 0.6) is 0 Å². The lowest BCUT2D eigenvalue weighted by molar-refractivity contribution is -0.766. The first kappa shape index (κ1) is 14.3. The van der Waals surface area contributed by atoms with Gasteiger partial charge >= 0.3 is 5.69 Å². The van der Waals surface area contributed by atoms with E-state index in [0.29, 0.717) is 17.4 Å². The van der Waals surface area contributed by atoms with E-state index in [4.69, 9.17) is 0 Å². The van der Waals surface area contributed by atoms with Crippen molar-refractivity contribution < 1.29 is 19.5 Å². The second kappa shape index (κ2) is 6.87. The average molecular weight is 287 g/mol. The molecule has 0 aliphatic carbocycles. The summed E-state index contributed by atoms with van der Waals surface area (Å²) in [7, 11) is 0. The molecule has 0 saturated carbocycles. The molecular formula is C13H11N4O4+. The van der Waals surface area contributed by atoms with Crippen molar-refractivity contribution in [3.8, 4) is 0 Å². The molecule has 2 N–H and O–H groups in total. The average Bonchev–Trinajstić information content (AvgIpc) is 2.55. The Hall–Kier alpha value is -3.13. The molecule has 0 aliphatic heterocycles. The SMILES string of the molecule is O=Cc1ccc([N+](=O)ONNC(=O)c2cccnc2)cc1.